The van der Waals surface area contributed by atoms with E-state index in [0.717, 1.165) is 56.3 Å². The van der Waals surface area contributed by atoms with Crippen molar-refractivity contribution in [2.75, 3.05) is 31.9 Å². The van der Waals surface area contributed by atoms with E-state index in [9.17, 15) is 8.42 Å². The van der Waals surface area contributed by atoms with Gasteiger partial charge in [-0.05, 0) is 32.8 Å². The molecule has 1 atom stereocenters. The molecule has 0 N–H and O–H groups in total. The second-order valence-corrected chi connectivity index (χ2v) is 12.3. The highest BCUT2D eigenvalue weighted by Crippen LogP contribution is 2.18. The normalized spacial score (nSPS) is 12.9. The van der Waals surface area contributed by atoms with Crippen LogP contribution in [-0.4, -0.2) is 50.9 Å². The molecule has 6 heteroatoms. The molecule has 0 aliphatic carbocycles. The first-order valence-corrected chi connectivity index (χ1v) is 16.4. The van der Waals surface area contributed by atoms with Crippen molar-refractivity contribution in [2.45, 2.75) is 143 Å². The van der Waals surface area contributed by atoms with Gasteiger partial charge in [-0.2, -0.15) is 0 Å². The van der Waals surface area contributed by atoms with Gasteiger partial charge in [-0.15, -0.1) is 23.0 Å². The Morgan fingerprint density at radius 3 is 1.51 bits per heavy atom. The quantitative estimate of drug-likeness (QED) is 0.0580. The van der Waals surface area contributed by atoms with Crippen molar-refractivity contribution in [1.82, 2.24) is 0 Å². The van der Waals surface area contributed by atoms with Crippen LogP contribution in [0.15, 0.2) is 12.7 Å². The number of likely N-dealkylation sites (N-methyl/N-ethyl adjacent to an activating group) is 1. The Labute approximate surface area is 231 Å². The summed E-state index contributed by atoms with van der Waals surface area (Å²) >= 11 is 0. The maximum atomic E-state index is 12.4. The van der Waals surface area contributed by atoms with Crippen molar-refractivity contribution >= 4 is 27.0 Å². The minimum atomic E-state index is -3.30. The molecule has 0 saturated carbocycles. The molecule has 0 aromatic heterocycles. The van der Waals surface area contributed by atoms with Crippen LogP contribution in [0, 0.1) is 0 Å². The molecule has 1 unspecified atom stereocenters. The summed E-state index contributed by atoms with van der Waals surface area (Å²) in [7, 11) is -3.30. The molecule has 0 aliphatic rings. The molecule has 0 amide bonds. The second kappa shape index (κ2) is 24.4. The van der Waals surface area contributed by atoms with Gasteiger partial charge in [0.1, 0.15) is 0 Å². The zero-order valence-corrected chi connectivity index (χ0v) is 26.5. The molecule has 0 spiro atoms. The highest BCUT2D eigenvalue weighted by Gasteiger charge is 2.21. The summed E-state index contributed by atoms with van der Waals surface area (Å²) in [5.41, 5.74) is 0. The molecule has 0 aromatic rings. The predicted octanol–water partition coefficient (Wildman–Crippen LogP) is 9.35. The van der Waals surface area contributed by atoms with Crippen LogP contribution in [0.5, 0.6) is 0 Å². The van der Waals surface area contributed by atoms with Crippen molar-refractivity contribution < 1.29 is 12.9 Å². The first-order chi connectivity index (χ1) is 16.3. The number of quaternary nitrogens is 1. The third kappa shape index (κ3) is 21.8. The topological polar surface area (TPSA) is 48.2 Å². The van der Waals surface area contributed by atoms with E-state index in [2.05, 4.69) is 32.1 Å². The van der Waals surface area contributed by atoms with Gasteiger partial charge in [-0.1, -0.05) is 117 Å². The molecular formula is C29H61BrN2O2S. The Kier molecular flexibility index (Phi) is 26.0. The monoisotopic (exact) mass is 580 g/mol. The molecule has 0 fully saturated rings. The van der Waals surface area contributed by atoms with Gasteiger partial charge in [0.25, 0.3) is 0 Å². The number of hydrogen-bond donors (Lipinski definition) is 0. The highest BCUT2D eigenvalue weighted by molar-refractivity contribution is 8.93. The highest BCUT2D eigenvalue weighted by atomic mass is 79.9. The van der Waals surface area contributed by atoms with Gasteiger partial charge in [-0.3, -0.25) is 0 Å². The number of hydrogen-bond acceptors (Lipinski definition) is 2. The van der Waals surface area contributed by atoms with Crippen LogP contribution in [0.4, 0.5) is 0 Å². The van der Waals surface area contributed by atoms with Crippen LogP contribution in [0.3, 0.4) is 0 Å². The number of sulfonamides is 1. The minimum absolute atomic E-state index is 0. The number of unbranched alkanes of at least 4 members (excludes halogenated alkanes) is 15. The lowest BCUT2D eigenvalue weighted by molar-refractivity contribution is -0.919. The van der Waals surface area contributed by atoms with Crippen LogP contribution in [0.2, 0.25) is 0 Å². The summed E-state index contributed by atoms with van der Waals surface area (Å²) in [4.78, 5) is 0. The third-order valence-corrected chi connectivity index (χ3v) is 8.96. The summed E-state index contributed by atoms with van der Waals surface area (Å²) in [6, 6.07) is -0.133. The summed E-state index contributed by atoms with van der Waals surface area (Å²) in [5, 5.41) is 0. The number of rotatable bonds is 26. The average molecular weight is 582 g/mol. The summed E-state index contributed by atoms with van der Waals surface area (Å²) < 4.78 is 29.9. The van der Waals surface area contributed by atoms with Gasteiger partial charge < -0.3 is 9.21 Å². The Hall–Kier alpha value is 0.0900. The molecule has 35 heavy (non-hydrogen) atoms. The van der Waals surface area contributed by atoms with Gasteiger partial charge >= 0.3 is 0 Å². The molecule has 0 aromatic carbocycles. The molecule has 0 bridgehead atoms. The SMILES string of the molecule is Br.C=CC[N+](CC)(CC)CCC(C)[N-]S(=O)(=O)CCCCCCCCCCCCCCCCCC. The molecule has 0 aliphatic heterocycles. The van der Waals surface area contributed by atoms with Gasteiger partial charge in [0, 0.05) is 5.75 Å². The molecule has 0 saturated heterocycles. The maximum Gasteiger partial charge on any atom is 0.0970 e. The van der Waals surface area contributed by atoms with Crippen LogP contribution >= 0.6 is 17.0 Å². The minimum Gasteiger partial charge on any atom is -0.546 e. The molecular weight excluding hydrogens is 520 g/mol. The molecule has 0 heterocycles. The summed E-state index contributed by atoms with van der Waals surface area (Å²) in [6.07, 6.45) is 23.6. The van der Waals surface area contributed by atoms with Crippen LogP contribution in [0.25, 0.3) is 4.72 Å². The smallest absolute Gasteiger partial charge is 0.0970 e. The van der Waals surface area contributed by atoms with Gasteiger partial charge in [-0.25, -0.2) is 8.42 Å². The summed E-state index contributed by atoms with van der Waals surface area (Å²) in [5.74, 6) is 0.212. The number of nitrogens with zero attached hydrogens (tertiary/aromatic N) is 2. The zero-order valence-electron chi connectivity index (χ0n) is 23.9. The van der Waals surface area contributed by atoms with Crippen LogP contribution < -0.4 is 0 Å². The Morgan fingerprint density at radius 1 is 0.743 bits per heavy atom. The maximum absolute atomic E-state index is 12.4. The van der Waals surface area contributed by atoms with E-state index in [1.54, 1.807) is 0 Å². The fourth-order valence-electron chi connectivity index (χ4n) is 4.84. The van der Waals surface area contributed by atoms with E-state index < -0.39 is 10.0 Å². The number of halogens is 1. The van der Waals surface area contributed by atoms with E-state index in [1.807, 2.05) is 13.0 Å². The molecule has 0 rings (SSSR count). The summed E-state index contributed by atoms with van der Waals surface area (Å²) in [6.45, 7) is 16.5. The van der Waals surface area contributed by atoms with E-state index in [1.165, 1.54) is 83.5 Å². The average Bonchev–Trinajstić information content (AvgIpc) is 2.81. The van der Waals surface area contributed by atoms with E-state index >= 15 is 0 Å². The van der Waals surface area contributed by atoms with E-state index in [4.69, 9.17) is 0 Å². The molecule has 4 nitrogen and oxygen atoms in total. The zero-order chi connectivity index (χ0) is 25.5. The Morgan fingerprint density at radius 2 is 1.14 bits per heavy atom. The predicted molar refractivity (Wildman–Crippen MR) is 162 cm³/mol. The van der Waals surface area contributed by atoms with Gasteiger partial charge in [0.2, 0.25) is 0 Å². The standard InChI is InChI=1S/C29H60N2O2S.BrH/c1-6-10-11-12-13-14-15-16-17-18-19-20-21-22-23-24-28-34(32,33)30-29(5)25-27-31(8-3,9-4)26-7-2;/h7,29H,2,6,8-28H2,1,3-5H3;1H. The molecule has 212 valence electrons. The third-order valence-electron chi connectivity index (χ3n) is 7.48. The van der Waals surface area contributed by atoms with Gasteiger partial charge in [0.15, 0.2) is 0 Å². The van der Waals surface area contributed by atoms with Gasteiger partial charge in [0.05, 0.1) is 36.2 Å². The lowest BCUT2D eigenvalue weighted by Crippen LogP contribution is -2.49. The largest absolute Gasteiger partial charge is 0.546 e. The van der Waals surface area contributed by atoms with Crippen molar-refractivity contribution in [3.05, 3.63) is 17.4 Å². The van der Waals surface area contributed by atoms with Crippen molar-refractivity contribution in [3.63, 3.8) is 0 Å². The van der Waals surface area contributed by atoms with Crippen LogP contribution in [-0.2, 0) is 10.0 Å². The van der Waals surface area contributed by atoms with E-state index in [-0.39, 0.29) is 28.8 Å². The Bertz CT molecular complexity index is 565. The van der Waals surface area contributed by atoms with Crippen molar-refractivity contribution in [1.29, 1.82) is 0 Å². The second-order valence-electron chi connectivity index (χ2n) is 10.5. The first-order valence-electron chi connectivity index (χ1n) is 14.8. The fraction of sp³-hybridized carbons (Fsp3) is 0.931. The molecule has 0 radical (unpaired) electrons. The van der Waals surface area contributed by atoms with E-state index in [0.29, 0.717) is 0 Å². The first kappa shape index (κ1) is 37.2. The van der Waals surface area contributed by atoms with Crippen LogP contribution in [0.1, 0.15) is 137 Å². The lowest BCUT2D eigenvalue weighted by Gasteiger charge is -2.38. The van der Waals surface area contributed by atoms with Crippen molar-refractivity contribution in [3.8, 4) is 0 Å². The Balaban J connectivity index is 0. The lowest BCUT2D eigenvalue weighted by atomic mass is 10.0. The van der Waals surface area contributed by atoms with Crippen molar-refractivity contribution in [2.24, 2.45) is 0 Å². The fourth-order valence-corrected chi connectivity index (χ4v) is 6.16.